The van der Waals surface area contributed by atoms with Crippen LogP contribution in [0.15, 0.2) is 24.3 Å². The molecule has 1 aliphatic carbocycles. The van der Waals surface area contributed by atoms with E-state index in [4.69, 9.17) is 17.3 Å². The number of nitrogens with one attached hydrogen (secondary N) is 1. The van der Waals surface area contributed by atoms with Gasteiger partial charge in [-0.15, -0.1) is 0 Å². The van der Waals surface area contributed by atoms with Crippen molar-refractivity contribution < 1.29 is 4.79 Å². The molecular weight excluding hydrogens is 260 g/mol. The lowest BCUT2D eigenvalue weighted by atomic mass is 9.67. The number of carbonyl (C=O) groups is 1. The van der Waals surface area contributed by atoms with Crippen LogP contribution in [0.25, 0.3) is 0 Å². The number of hydrogen-bond acceptors (Lipinski definition) is 2. The van der Waals surface area contributed by atoms with E-state index in [2.05, 4.69) is 19.2 Å². The van der Waals surface area contributed by atoms with Crippen molar-refractivity contribution in [1.29, 1.82) is 0 Å². The molecule has 0 aromatic heterocycles. The zero-order valence-electron chi connectivity index (χ0n) is 11.5. The largest absolute Gasteiger partial charge is 0.370 e. The summed E-state index contributed by atoms with van der Waals surface area (Å²) in [5, 5.41) is 3.93. The highest BCUT2D eigenvalue weighted by atomic mass is 35.5. The Bertz CT molecular complexity index is 487. The summed E-state index contributed by atoms with van der Waals surface area (Å²) in [6.07, 6.45) is 3.61. The molecule has 4 heteroatoms. The molecule has 0 saturated heterocycles. The minimum Gasteiger partial charge on any atom is -0.370 e. The second-order valence-corrected chi connectivity index (χ2v) is 6.65. The Morgan fingerprint density at radius 2 is 2.00 bits per heavy atom. The maximum absolute atomic E-state index is 12.0. The van der Waals surface area contributed by atoms with Gasteiger partial charge in [-0.3, -0.25) is 4.79 Å². The number of carbonyl (C=O) groups excluding carboxylic acids is 1. The Morgan fingerprint density at radius 1 is 1.32 bits per heavy atom. The molecule has 1 saturated carbocycles. The van der Waals surface area contributed by atoms with E-state index in [0.717, 1.165) is 31.4 Å². The molecule has 0 spiro atoms. The summed E-state index contributed by atoms with van der Waals surface area (Å²) < 4.78 is 0. The van der Waals surface area contributed by atoms with Crippen molar-refractivity contribution in [3.8, 4) is 0 Å². The Kier molecular flexibility index (Phi) is 3.77. The Labute approximate surface area is 119 Å². The number of primary amides is 1. The quantitative estimate of drug-likeness (QED) is 0.889. The number of amides is 1. The van der Waals surface area contributed by atoms with E-state index in [-0.39, 0.29) is 11.3 Å². The van der Waals surface area contributed by atoms with Crippen LogP contribution in [-0.2, 0) is 4.79 Å². The SMILES string of the molecule is CC1(C)CCCC(Nc2ccccc2Cl)(C(N)=O)C1. The minimum absolute atomic E-state index is 0.113. The number of para-hydroxylation sites is 1. The first kappa shape index (κ1) is 14.2. The van der Waals surface area contributed by atoms with E-state index in [9.17, 15) is 4.79 Å². The Morgan fingerprint density at radius 3 is 2.58 bits per heavy atom. The molecule has 0 heterocycles. The molecule has 104 valence electrons. The van der Waals surface area contributed by atoms with Crippen LogP contribution in [0.1, 0.15) is 39.5 Å². The van der Waals surface area contributed by atoms with Gasteiger partial charge in [0.15, 0.2) is 0 Å². The number of halogens is 1. The van der Waals surface area contributed by atoms with E-state index in [1.54, 1.807) is 0 Å². The molecular formula is C15H21ClN2O. The lowest BCUT2D eigenvalue weighted by molar-refractivity contribution is -0.124. The van der Waals surface area contributed by atoms with E-state index in [1.807, 2.05) is 24.3 Å². The third-order valence-electron chi connectivity index (χ3n) is 3.96. The van der Waals surface area contributed by atoms with Crippen LogP contribution in [0.2, 0.25) is 5.02 Å². The lowest BCUT2D eigenvalue weighted by Gasteiger charge is -2.44. The summed E-state index contributed by atoms with van der Waals surface area (Å²) in [5.41, 5.74) is 5.88. The molecule has 1 amide bonds. The number of benzene rings is 1. The summed E-state index contributed by atoms with van der Waals surface area (Å²) in [4.78, 5) is 12.0. The topological polar surface area (TPSA) is 55.1 Å². The summed E-state index contributed by atoms with van der Waals surface area (Å²) in [6, 6.07) is 7.47. The first-order valence-electron chi connectivity index (χ1n) is 6.67. The van der Waals surface area contributed by atoms with Crippen LogP contribution in [0, 0.1) is 5.41 Å². The summed E-state index contributed by atoms with van der Waals surface area (Å²) >= 11 is 6.17. The summed E-state index contributed by atoms with van der Waals surface area (Å²) in [7, 11) is 0. The predicted molar refractivity (Wildman–Crippen MR) is 79.2 cm³/mol. The van der Waals surface area contributed by atoms with Gasteiger partial charge in [0.25, 0.3) is 0 Å². The van der Waals surface area contributed by atoms with Gasteiger partial charge in [0.05, 0.1) is 10.7 Å². The number of anilines is 1. The zero-order valence-corrected chi connectivity index (χ0v) is 12.3. The van der Waals surface area contributed by atoms with Crippen molar-refractivity contribution in [1.82, 2.24) is 0 Å². The number of rotatable bonds is 3. The number of hydrogen-bond donors (Lipinski definition) is 2. The lowest BCUT2D eigenvalue weighted by Crippen LogP contribution is -2.55. The molecule has 19 heavy (non-hydrogen) atoms. The van der Waals surface area contributed by atoms with Gasteiger partial charge >= 0.3 is 0 Å². The van der Waals surface area contributed by atoms with Crippen LogP contribution in [0.5, 0.6) is 0 Å². The molecule has 0 bridgehead atoms. The molecule has 0 radical (unpaired) electrons. The summed E-state index contributed by atoms with van der Waals surface area (Å²) in [6.45, 7) is 4.36. The van der Waals surface area contributed by atoms with Crippen molar-refractivity contribution in [3.63, 3.8) is 0 Å². The van der Waals surface area contributed by atoms with Crippen LogP contribution < -0.4 is 11.1 Å². The van der Waals surface area contributed by atoms with E-state index in [0.29, 0.717) is 5.02 Å². The maximum Gasteiger partial charge on any atom is 0.243 e. The van der Waals surface area contributed by atoms with Crippen molar-refractivity contribution in [2.75, 3.05) is 5.32 Å². The molecule has 1 aromatic rings. The summed E-state index contributed by atoms with van der Waals surface area (Å²) in [5.74, 6) is -0.291. The molecule has 3 nitrogen and oxygen atoms in total. The van der Waals surface area contributed by atoms with Gasteiger partial charge in [-0.2, -0.15) is 0 Å². The predicted octanol–water partition coefficient (Wildman–Crippen LogP) is 3.58. The maximum atomic E-state index is 12.0. The van der Waals surface area contributed by atoms with Gasteiger partial charge in [-0.25, -0.2) is 0 Å². The van der Waals surface area contributed by atoms with Gasteiger partial charge in [0, 0.05) is 0 Å². The number of nitrogens with two attached hydrogens (primary N) is 1. The van der Waals surface area contributed by atoms with Crippen LogP contribution in [0.4, 0.5) is 5.69 Å². The second-order valence-electron chi connectivity index (χ2n) is 6.25. The normalized spacial score (nSPS) is 25.8. The first-order chi connectivity index (χ1) is 8.85. The fraction of sp³-hybridized carbons (Fsp3) is 0.533. The highest BCUT2D eigenvalue weighted by Gasteiger charge is 2.44. The van der Waals surface area contributed by atoms with Gasteiger partial charge < -0.3 is 11.1 Å². The molecule has 1 aliphatic rings. The average Bonchev–Trinajstić information content (AvgIpc) is 2.30. The zero-order chi connectivity index (χ0) is 14.1. The van der Waals surface area contributed by atoms with Gasteiger partial charge in [-0.1, -0.05) is 44.0 Å². The molecule has 1 fully saturated rings. The highest BCUT2D eigenvalue weighted by Crippen LogP contribution is 2.43. The molecule has 1 unspecified atom stereocenters. The van der Waals surface area contributed by atoms with E-state index in [1.165, 1.54) is 0 Å². The third-order valence-corrected chi connectivity index (χ3v) is 4.29. The second kappa shape index (κ2) is 5.04. The first-order valence-corrected chi connectivity index (χ1v) is 7.05. The third kappa shape index (κ3) is 3.03. The van der Waals surface area contributed by atoms with Crippen molar-refractivity contribution in [2.24, 2.45) is 11.1 Å². The molecule has 1 aromatic carbocycles. The fourth-order valence-corrected chi connectivity index (χ4v) is 3.24. The van der Waals surface area contributed by atoms with Gasteiger partial charge in [-0.05, 0) is 36.8 Å². The fourth-order valence-electron chi connectivity index (χ4n) is 3.06. The van der Waals surface area contributed by atoms with Crippen LogP contribution in [0.3, 0.4) is 0 Å². The molecule has 0 aliphatic heterocycles. The Balaban J connectivity index is 2.31. The van der Waals surface area contributed by atoms with Crippen molar-refractivity contribution >= 4 is 23.2 Å². The van der Waals surface area contributed by atoms with Crippen LogP contribution in [-0.4, -0.2) is 11.4 Å². The monoisotopic (exact) mass is 280 g/mol. The van der Waals surface area contributed by atoms with E-state index >= 15 is 0 Å². The Hall–Kier alpha value is -1.22. The molecule has 3 N–H and O–H groups in total. The highest BCUT2D eigenvalue weighted by molar-refractivity contribution is 6.33. The van der Waals surface area contributed by atoms with Crippen LogP contribution >= 0.6 is 11.6 Å². The van der Waals surface area contributed by atoms with Gasteiger partial charge in [0.2, 0.25) is 5.91 Å². The molecule has 2 rings (SSSR count). The smallest absolute Gasteiger partial charge is 0.243 e. The van der Waals surface area contributed by atoms with Crippen molar-refractivity contribution in [2.45, 2.75) is 45.1 Å². The van der Waals surface area contributed by atoms with Crippen molar-refractivity contribution in [3.05, 3.63) is 29.3 Å². The minimum atomic E-state index is -0.688. The average molecular weight is 281 g/mol. The molecule has 1 atom stereocenters. The standard InChI is InChI=1S/C15H21ClN2O/c1-14(2)8-5-9-15(10-14,13(17)19)18-12-7-4-3-6-11(12)16/h3-4,6-7,18H,5,8-10H2,1-2H3,(H2,17,19). The van der Waals surface area contributed by atoms with Gasteiger partial charge in [0.1, 0.15) is 5.54 Å². The van der Waals surface area contributed by atoms with E-state index < -0.39 is 5.54 Å².